The van der Waals surface area contributed by atoms with Gasteiger partial charge in [0.05, 0.1) is 11.3 Å². The zero-order chi connectivity index (χ0) is 15.1. The Morgan fingerprint density at radius 2 is 2.20 bits per heavy atom. The summed E-state index contributed by atoms with van der Waals surface area (Å²) in [7, 11) is 0. The topological polar surface area (TPSA) is 73.1 Å². The van der Waals surface area contributed by atoms with Crippen LogP contribution in [0.15, 0.2) is 18.2 Å². The molecule has 5 heteroatoms. The van der Waals surface area contributed by atoms with Gasteiger partial charge in [0.15, 0.2) is 0 Å². The third-order valence-electron chi connectivity index (χ3n) is 2.95. The van der Waals surface area contributed by atoms with E-state index in [1.54, 1.807) is 18.2 Å². The summed E-state index contributed by atoms with van der Waals surface area (Å²) >= 11 is 5.84. The number of carboxylic acids is 1. The molecular formula is C15H19ClN2O2. The Kier molecular flexibility index (Phi) is 6.33. The summed E-state index contributed by atoms with van der Waals surface area (Å²) in [4.78, 5) is 10.9. The predicted octanol–water partition coefficient (Wildman–Crippen LogP) is 3.76. The van der Waals surface area contributed by atoms with Crippen molar-refractivity contribution in [2.45, 2.75) is 26.7 Å². The number of nitrogens with zero attached hydrogens (tertiary/aromatic N) is 1. The van der Waals surface area contributed by atoms with Crippen LogP contribution in [0.4, 0.5) is 5.69 Å². The molecule has 1 rings (SSSR count). The molecule has 0 saturated heterocycles. The van der Waals surface area contributed by atoms with Crippen LogP contribution in [-0.2, 0) is 4.79 Å². The first-order valence-electron chi connectivity index (χ1n) is 6.57. The van der Waals surface area contributed by atoms with Gasteiger partial charge >= 0.3 is 5.97 Å². The molecule has 108 valence electrons. The lowest BCUT2D eigenvalue weighted by molar-refractivity contribution is -0.138. The standard InChI is InChI=1S/C15H19ClN2O2/c1-10(2)5-11(6-15(19)20)9-18-14-4-3-13(16)7-12(14)8-17/h3-4,7,10-11,18H,5-6,9H2,1-2H3,(H,19,20). The van der Waals surface area contributed by atoms with E-state index >= 15 is 0 Å². The van der Waals surface area contributed by atoms with Crippen LogP contribution in [0.1, 0.15) is 32.3 Å². The largest absolute Gasteiger partial charge is 0.481 e. The molecule has 1 aromatic rings. The van der Waals surface area contributed by atoms with Crippen molar-refractivity contribution in [1.29, 1.82) is 5.26 Å². The molecule has 0 amide bonds. The average molecular weight is 295 g/mol. The highest BCUT2D eigenvalue weighted by atomic mass is 35.5. The van der Waals surface area contributed by atoms with Gasteiger partial charge in [-0.15, -0.1) is 0 Å². The van der Waals surface area contributed by atoms with Crippen molar-refractivity contribution >= 4 is 23.3 Å². The average Bonchev–Trinajstić information content (AvgIpc) is 2.35. The molecule has 0 fully saturated rings. The van der Waals surface area contributed by atoms with Gasteiger partial charge in [-0.3, -0.25) is 4.79 Å². The van der Waals surface area contributed by atoms with E-state index < -0.39 is 5.97 Å². The maximum atomic E-state index is 10.9. The van der Waals surface area contributed by atoms with Crippen LogP contribution in [-0.4, -0.2) is 17.6 Å². The summed E-state index contributed by atoms with van der Waals surface area (Å²) in [6.45, 7) is 4.66. The predicted molar refractivity (Wildman–Crippen MR) is 79.9 cm³/mol. The summed E-state index contributed by atoms with van der Waals surface area (Å²) in [6.07, 6.45) is 0.954. The van der Waals surface area contributed by atoms with E-state index in [0.717, 1.165) is 6.42 Å². The first kappa shape index (κ1) is 16.3. The Bertz CT molecular complexity index is 509. The minimum Gasteiger partial charge on any atom is -0.481 e. The van der Waals surface area contributed by atoms with Crippen molar-refractivity contribution in [2.24, 2.45) is 11.8 Å². The third-order valence-corrected chi connectivity index (χ3v) is 3.19. The van der Waals surface area contributed by atoms with Gasteiger partial charge in [-0.25, -0.2) is 0 Å². The molecule has 1 atom stereocenters. The zero-order valence-electron chi connectivity index (χ0n) is 11.7. The molecule has 0 bridgehead atoms. The molecule has 2 N–H and O–H groups in total. The fourth-order valence-electron chi connectivity index (χ4n) is 2.17. The number of hydrogen-bond donors (Lipinski definition) is 2. The van der Waals surface area contributed by atoms with Crippen LogP contribution < -0.4 is 5.32 Å². The Labute approximate surface area is 124 Å². The summed E-state index contributed by atoms with van der Waals surface area (Å²) in [6, 6.07) is 7.13. The van der Waals surface area contributed by atoms with Gasteiger partial charge in [-0.1, -0.05) is 25.4 Å². The van der Waals surface area contributed by atoms with E-state index in [4.69, 9.17) is 22.0 Å². The van der Waals surface area contributed by atoms with Crippen molar-refractivity contribution < 1.29 is 9.90 Å². The van der Waals surface area contributed by atoms with Crippen LogP contribution in [0.2, 0.25) is 5.02 Å². The molecule has 0 aliphatic carbocycles. The highest BCUT2D eigenvalue weighted by Gasteiger charge is 2.15. The number of halogens is 1. The van der Waals surface area contributed by atoms with Crippen molar-refractivity contribution in [3.63, 3.8) is 0 Å². The fraction of sp³-hybridized carbons (Fsp3) is 0.467. The Balaban J connectivity index is 2.72. The molecule has 0 heterocycles. The lowest BCUT2D eigenvalue weighted by atomic mass is 9.94. The van der Waals surface area contributed by atoms with Crippen LogP contribution in [0.25, 0.3) is 0 Å². The third kappa shape index (κ3) is 5.50. The molecule has 20 heavy (non-hydrogen) atoms. The second-order valence-electron chi connectivity index (χ2n) is 5.28. The smallest absolute Gasteiger partial charge is 0.303 e. The van der Waals surface area contributed by atoms with Crippen LogP contribution in [0.5, 0.6) is 0 Å². The Morgan fingerprint density at radius 1 is 1.50 bits per heavy atom. The van der Waals surface area contributed by atoms with E-state index in [-0.39, 0.29) is 12.3 Å². The maximum absolute atomic E-state index is 10.9. The normalized spacial score (nSPS) is 11.9. The molecule has 0 saturated carbocycles. The number of rotatable bonds is 7. The van der Waals surface area contributed by atoms with Gasteiger partial charge in [0, 0.05) is 18.0 Å². The quantitative estimate of drug-likeness (QED) is 0.803. The van der Waals surface area contributed by atoms with Gasteiger partial charge in [0.1, 0.15) is 6.07 Å². The van der Waals surface area contributed by atoms with E-state index in [1.165, 1.54) is 0 Å². The summed E-state index contributed by atoms with van der Waals surface area (Å²) in [5, 5.41) is 21.7. The first-order chi connectivity index (χ1) is 9.42. The van der Waals surface area contributed by atoms with E-state index in [2.05, 4.69) is 25.2 Å². The van der Waals surface area contributed by atoms with Gasteiger partial charge in [0.2, 0.25) is 0 Å². The minimum atomic E-state index is -0.797. The number of hydrogen-bond acceptors (Lipinski definition) is 3. The molecule has 0 spiro atoms. The summed E-state index contributed by atoms with van der Waals surface area (Å²) in [5.74, 6) is -0.328. The Morgan fingerprint density at radius 3 is 2.75 bits per heavy atom. The highest BCUT2D eigenvalue weighted by molar-refractivity contribution is 6.30. The monoisotopic (exact) mass is 294 g/mol. The number of carbonyl (C=O) groups is 1. The molecule has 0 radical (unpaired) electrons. The van der Waals surface area contributed by atoms with E-state index in [1.807, 2.05) is 0 Å². The Hall–Kier alpha value is -1.73. The highest BCUT2D eigenvalue weighted by Crippen LogP contribution is 2.22. The van der Waals surface area contributed by atoms with Gasteiger partial charge in [-0.05, 0) is 36.5 Å². The van der Waals surface area contributed by atoms with Crippen LogP contribution in [0, 0.1) is 23.2 Å². The lowest BCUT2D eigenvalue weighted by Gasteiger charge is -2.19. The van der Waals surface area contributed by atoms with Crippen LogP contribution in [0.3, 0.4) is 0 Å². The van der Waals surface area contributed by atoms with E-state index in [9.17, 15) is 4.79 Å². The first-order valence-corrected chi connectivity index (χ1v) is 6.95. The number of benzene rings is 1. The minimum absolute atomic E-state index is 0.0368. The van der Waals surface area contributed by atoms with Gasteiger partial charge in [-0.2, -0.15) is 5.26 Å². The zero-order valence-corrected chi connectivity index (χ0v) is 12.4. The second-order valence-corrected chi connectivity index (χ2v) is 5.71. The molecule has 0 aliphatic rings. The van der Waals surface area contributed by atoms with Gasteiger partial charge < -0.3 is 10.4 Å². The molecule has 0 aliphatic heterocycles. The number of carboxylic acid groups (broad SMARTS) is 1. The molecule has 4 nitrogen and oxygen atoms in total. The van der Waals surface area contributed by atoms with Crippen molar-refractivity contribution in [3.05, 3.63) is 28.8 Å². The number of anilines is 1. The molecular weight excluding hydrogens is 276 g/mol. The summed E-state index contributed by atoms with van der Waals surface area (Å²) in [5.41, 5.74) is 1.16. The SMILES string of the molecule is CC(C)CC(CNc1ccc(Cl)cc1C#N)CC(=O)O. The maximum Gasteiger partial charge on any atom is 0.303 e. The number of aliphatic carboxylic acids is 1. The molecule has 1 aromatic carbocycles. The summed E-state index contributed by atoms with van der Waals surface area (Å²) < 4.78 is 0. The fourth-order valence-corrected chi connectivity index (χ4v) is 2.34. The van der Waals surface area contributed by atoms with Crippen LogP contribution >= 0.6 is 11.6 Å². The van der Waals surface area contributed by atoms with Crippen molar-refractivity contribution in [3.8, 4) is 6.07 Å². The van der Waals surface area contributed by atoms with Gasteiger partial charge in [0.25, 0.3) is 0 Å². The molecule has 0 aromatic heterocycles. The van der Waals surface area contributed by atoms with Crippen molar-refractivity contribution in [1.82, 2.24) is 0 Å². The lowest BCUT2D eigenvalue weighted by Crippen LogP contribution is -2.20. The van der Waals surface area contributed by atoms with E-state index in [0.29, 0.717) is 28.7 Å². The second kappa shape index (κ2) is 7.76. The van der Waals surface area contributed by atoms with Crippen molar-refractivity contribution in [2.75, 3.05) is 11.9 Å². The molecule has 1 unspecified atom stereocenters. The number of nitrogens with one attached hydrogen (secondary N) is 1. The number of nitriles is 1.